The molecule has 0 amide bonds. The molecule has 0 spiro atoms. The summed E-state index contributed by atoms with van der Waals surface area (Å²) in [5, 5.41) is 7.79. The Hall–Kier alpha value is -1.72. The Morgan fingerprint density at radius 1 is 1.17 bits per heavy atom. The van der Waals surface area contributed by atoms with E-state index in [1.165, 1.54) is 18.2 Å². The predicted octanol–water partition coefficient (Wildman–Crippen LogP) is 1.48. The molecule has 0 saturated carbocycles. The fraction of sp³-hybridized carbons (Fsp3) is 0.333. The van der Waals surface area contributed by atoms with Gasteiger partial charge in [-0.15, -0.1) is 9.81 Å². The Labute approximate surface area is 67.3 Å². The Morgan fingerprint density at radius 2 is 1.92 bits per heavy atom. The Bertz CT molecular complexity index is 271. The summed E-state index contributed by atoms with van der Waals surface area (Å²) in [4.78, 5) is 30.4. The van der Waals surface area contributed by atoms with E-state index in [1.54, 1.807) is 0 Å². The van der Waals surface area contributed by atoms with Gasteiger partial charge in [0, 0.05) is 0 Å². The number of allylic oxidation sites excluding steroid dienone is 2. The third-order valence-electron chi connectivity index (χ3n) is 1.54. The van der Waals surface area contributed by atoms with E-state index in [0.29, 0.717) is 0 Å². The van der Waals surface area contributed by atoms with Gasteiger partial charge < -0.3 is 0 Å². The van der Waals surface area contributed by atoms with Crippen LogP contribution in [0.15, 0.2) is 39.5 Å². The van der Waals surface area contributed by atoms with Crippen LogP contribution < -0.4 is 0 Å². The van der Waals surface area contributed by atoms with Gasteiger partial charge in [0.25, 0.3) is 0 Å². The zero-order chi connectivity index (χ0) is 8.97. The van der Waals surface area contributed by atoms with Gasteiger partial charge >= 0.3 is 0 Å². The Balaban J connectivity index is 2.94. The molecule has 0 fully saturated rings. The lowest BCUT2D eigenvalue weighted by molar-refractivity contribution is 0.654. The van der Waals surface area contributed by atoms with Crippen molar-refractivity contribution >= 4 is 0 Å². The molecule has 1 rings (SSSR count). The summed E-state index contributed by atoms with van der Waals surface area (Å²) in [6.45, 7) is 0. The monoisotopic (exact) mass is 167 g/mol. The molecular formula is C6H5N3O3. The highest BCUT2D eigenvalue weighted by Crippen LogP contribution is 2.20. The van der Waals surface area contributed by atoms with Crippen LogP contribution in [0.3, 0.4) is 0 Å². The van der Waals surface area contributed by atoms with Gasteiger partial charge in [0.1, 0.15) is 11.7 Å². The molecule has 0 N–H and O–H groups in total. The minimum Gasteiger partial charge on any atom is -0.150 e. The highest BCUT2D eigenvalue weighted by atomic mass is 16.3. The topological polar surface area (TPSA) is 88.3 Å². The molecule has 0 bridgehead atoms. The molecule has 0 radical (unpaired) electrons. The first-order valence-corrected chi connectivity index (χ1v) is 3.20. The van der Waals surface area contributed by atoms with Crippen LogP contribution in [0.2, 0.25) is 0 Å². The molecule has 0 saturated heterocycles. The van der Waals surface area contributed by atoms with Crippen LogP contribution in [0.4, 0.5) is 0 Å². The maximum absolute atomic E-state index is 10.2. The number of rotatable bonds is 3. The van der Waals surface area contributed by atoms with Crippen molar-refractivity contribution in [2.24, 2.45) is 15.5 Å². The largest absolute Gasteiger partial charge is 0.166 e. The molecule has 0 aliphatic heterocycles. The summed E-state index contributed by atoms with van der Waals surface area (Å²) in [6, 6.07) is -1.97. The van der Waals surface area contributed by atoms with E-state index < -0.39 is 12.1 Å². The van der Waals surface area contributed by atoms with Crippen molar-refractivity contribution in [3.63, 3.8) is 0 Å². The van der Waals surface area contributed by atoms with E-state index >= 15 is 0 Å². The van der Waals surface area contributed by atoms with Crippen molar-refractivity contribution in [3.05, 3.63) is 38.6 Å². The van der Waals surface area contributed by atoms with Crippen molar-refractivity contribution < 1.29 is 0 Å². The third-order valence-corrected chi connectivity index (χ3v) is 1.54. The fourth-order valence-electron chi connectivity index (χ4n) is 0.940. The molecule has 12 heavy (non-hydrogen) atoms. The highest BCUT2D eigenvalue weighted by Gasteiger charge is 2.28. The van der Waals surface area contributed by atoms with Crippen LogP contribution in [-0.4, -0.2) is 12.1 Å². The molecule has 62 valence electrons. The number of hydrogen-bond acceptors (Lipinski definition) is 6. The van der Waals surface area contributed by atoms with Gasteiger partial charge in [-0.05, 0) is 11.3 Å². The summed E-state index contributed by atoms with van der Waals surface area (Å²) >= 11 is 0. The number of nitrogens with zero attached hydrogens (tertiary/aromatic N) is 3. The van der Waals surface area contributed by atoms with Gasteiger partial charge in [-0.1, -0.05) is 22.5 Å². The van der Waals surface area contributed by atoms with Gasteiger partial charge in [-0.25, -0.2) is 0 Å². The van der Waals surface area contributed by atoms with E-state index in [2.05, 4.69) is 15.5 Å². The second-order valence-electron chi connectivity index (χ2n) is 2.21. The first-order valence-electron chi connectivity index (χ1n) is 3.20. The second kappa shape index (κ2) is 3.61. The van der Waals surface area contributed by atoms with E-state index in [4.69, 9.17) is 0 Å². The van der Waals surface area contributed by atoms with Crippen molar-refractivity contribution in [1.82, 2.24) is 0 Å². The number of nitroso groups, excluding NO2 is 3. The van der Waals surface area contributed by atoms with Gasteiger partial charge in [-0.3, -0.25) is 0 Å². The van der Waals surface area contributed by atoms with E-state index in [0.717, 1.165) is 0 Å². The minimum atomic E-state index is -1.06. The van der Waals surface area contributed by atoms with Crippen LogP contribution in [0.5, 0.6) is 0 Å². The molecule has 1 aliphatic rings. The molecular weight excluding hydrogens is 162 g/mol. The van der Waals surface area contributed by atoms with Gasteiger partial charge in [0.05, 0.1) is 0 Å². The average Bonchev–Trinajstić information content (AvgIpc) is 2.16. The molecule has 1 aliphatic carbocycles. The van der Waals surface area contributed by atoms with Crippen LogP contribution in [-0.2, 0) is 0 Å². The lowest BCUT2D eigenvalue weighted by Crippen LogP contribution is -2.23. The summed E-state index contributed by atoms with van der Waals surface area (Å²) in [6.07, 6.45) is 4.18. The highest BCUT2D eigenvalue weighted by molar-refractivity contribution is 5.28. The van der Waals surface area contributed by atoms with E-state index in [-0.39, 0.29) is 5.70 Å². The molecule has 6 nitrogen and oxygen atoms in total. The first-order chi connectivity index (χ1) is 5.83. The van der Waals surface area contributed by atoms with Crippen LogP contribution in [0.1, 0.15) is 0 Å². The first kappa shape index (κ1) is 8.38. The van der Waals surface area contributed by atoms with Crippen molar-refractivity contribution in [3.8, 4) is 0 Å². The Morgan fingerprint density at radius 3 is 2.42 bits per heavy atom. The predicted molar refractivity (Wildman–Crippen MR) is 42.2 cm³/mol. The molecule has 6 heteroatoms. The standard InChI is InChI=1S/C6H5N3O3/c10-7-4-2-1-3-5(8-11)6(4)9-12/h1-4,6H. The molecule has 0 aromatic rings. The summed E-state index contributed by atoms with van der Waals surface area (Å²) < 4.78 is 0. The van der Waals surface area contributed by atoms with Crippen molar-refractivity contribution in [2.45, 2.75) is 12.1 Å². The summed E-state index contributed by atoms with van der Waals surface area (Å²) in [7, 11) is 0. The lowest BCUT2D eigenvalue weighted by Gasteiger charge is -2.12. The Kier molecular flexibility index (Phi) is 2.52. The third kappa shape index (κ3) is 1.31. The van der Waals surface area contributed by atoms with Gasteiger partial charge in [-0.2, -0.15) is 4.91 Å². The molecule has 0 aromatic carbocycles. The SMILES string of the molecule is O=NC1=CC=CC(N=O)C1N=O. The quantitative estimate of drug-likeness (QED) is 0.596. The minimum absolute atomic E-state index is 0.0582. The summed E-state index contributed by atoms with van der Waals surface area (Å²) in [5.74, 6) is 0. The second-order valence-corrected chi connectivity index (χ2v) is 2.21. The average molecular weight is 167 g/mol. The van der Waals surface area contributed by atoms with Crippen LogP contribution in [0.25, 0.3) is 0 Å². The zero-order valence-electron chi connectivity index (χ0n) is 5.95. The van der Waals surface area contributed by atoms with Crippen molar-refractivity contribution in [2.75, 3.05) is 0 Å². The van der Waals surface area contributed by atoms with Crippen LogP contribution >= 0.6 is 0 Å². The fourth-order valence-corrected chi connectivity index (χ4v) is 0.940. The van der Waals surface area contributed by atoms with Crippen LogP contribution in [0, 0.1) is 14.7 Å². The molecule has 0 aromatic heterocycles. The van der Waals surface area contributed by atoms with E-state index in [9.17, 15) is 14.7 Å². The van der Waals surface area contributed by atoms with E-state index in [1.807, 2.05) is 0 Å². The number of hydrogen-bond donors (Lipinski definition) is 0. The lowest BCUT2D eigenvalue weighted by atomic mass is 10.0. The maximum Gasteiger partial charge on any atom is 0.166 e. The van der Waals surface area contributed by atoms with Gasteiger partial charge in [0.15, 0.2) is 6.04 Å². The smallest absolute Gasteiger partial charge is 0.150 e. The zero-order valence-corrected chi connectivity index (χ0v) is 5.95. The molecule has 2 unspecified atom stereocenters. The normalized spacial score (nSPS) is 27.5. The molecule has 2 atom stereocenters. The van der Waals surface area contributed by atoms with Crippen molar-refractivity contribution in [1.29, 1.82) is 0 Å². The van der Waals surface area contributed by atoms with Gasteiger partial charge in [0.2, 0.25) is 0 Å². The molecule has 0 heterocycles. The summed E-state index contributed by atoms with van der Waals surface area (Å²) in [5.41, 5.74) is -0.0582. The maximum atomic E-state index is 10.2.